The third kappa shape index (κ3) is 3.47. The lowest BCUT2D eigenvalue weighted by Gasteiger charge is -2.01. The highest BCUT2D eigenvalue weighted by atomic mass is 35.5. The van der Waals surface area contributed by atoms with Crippen LogP contribution in [0.2, 0.25) is 0 Å². The number of rotatable bonds is 5. The SMILES string of the molecule is O=C(Cc1nc(CCl)cs1)NCC1CC1. The zero-order chi connectivity index (χ0) is 10.7. The molecule has 0 radical (unpaired) electrons. The first-order valence-corrected chi connectivity index (χ1v) is 6.45. The molecule has 1 N–H and O–H groups in total. The number of nitrogens with one attached hydrogen (secondary N) is 1. The van der Waals surface area contributed by atoms with Crippen molar-refractivity contribution in [2.75, 3.05) is 6.54 Å². The first-order chi connectivity index (χ1) is 7.28. The minimum Gasteiger partial charge on any atom is -0.355 e. The van der Waals surface area contributed by atoms with Crippen molar-refractivity contribution in [1.29, 1.82) is 0 Å². The highest BCUT2D eigenvalue weighted by Gasteiger charge is 2.21. The summed E-state index contributed by atoms with van der Waals surface area (Å²) in [7, 11) is 0. The second kappa shape index (κ2) is 4.94. The van der Waals surface area contributed by atoms with Gasteiger partial charge in [0.2, 0.25) is 5.91 Å². The van der Waals surface area contributed by atoms with E-state index in [0.717, 1.165) is 23.2 Å². The number of thiazole rings is 1. The summed E-state index contributed by atoms with van der Waals surface area (Å²) in [6.07, 6.45) is 2.90. The fourth-order valence-corrected chi connectivity index (χ4v) is 2.29. The van der Waals surface area contributed by atoms with E-state index >= 15 is 0 Å². The standard InChI is InChI=1S/C10H13ClN2OS/c11-4-8-6-15-10(13-8)3-9(14)12-5-7-1-2-7/h6-7H,1-5H2,(H,12,14). The van der Waals surface area contributed by atoms with Crippen LogP contribution in [-0.2, 0) is 17.1 Å². The molecule has 1 fully saturated rings. The molecule has 0 spiro atoms. The quantitative estimate of drug-likeness (QED) is 0.805. The Kier molecular flexibility index (Phi) is 3.59. The number of hydrogen-bond donors (Lipinski definition) is 1. The van der Waals surface area contributed by atoms with E-state index in [1.807, 2.05) is 5.38 Å². The molecule has 1 aliphatic rings. The molecule has 0 unspecified atom stereocenters. The van der Waals surface area contributed by atoms with E-state index < -0.39 is 0 Å². The van der Waals surface area contributed by atoms with Crippen LogP contribution < -0.4 is 5.32 Å². The van der Waals surface area contributed by atoms with Gasteiger partial charge in [-0.25, -0.2) is 4.98 Å². The fraction of sp³-hybridized carbons (Fsp3) is 0.600. The third-order valence-corrected chi connectivity index (χ3v) is 3.50. The summed E-state index contributed by atoms with van der Waals surface area (Å²) < 4.78 is 0. The van der Waals surface area contributed by atoms with Crippen LogP contribution in [-0.4, -0.2) is 17.4 Å². The molecular formula is C10H13ClN2OS. The Balaban J connectivity index is 1.76. The monoisotopic (exact) mass is 244 g/mol. The van der Waals surface area contributed by atoms with Crippen LogP contribution in [0.25, 0.3) is 0 Å². The molecule has 15 heavy (non-hydrogen) atoms. The molecule has 1 aromatic rings. The first-order valence-electron chi connectivity index (χ1n) is 5.04. The Morgan fingerprint density at radius 1 is 1.67 bits per heavy atom. The zero-order valence-electron chi connectivity index (χ0n) is 8.33. The van der Waals surface area contributed by atoms with Crippen molar-refractivity contribution in [1.82, 2.24) is 10.3 Å². The number of amides is 1. The van der Waals surface area contributed by atoms with Gasteiger partial charge in [-0.2, -0.15) is 0 Å². The zero-order valence-corrected chi connectivity index (χ0v) is 9.90. The molecule has 0 bridgehead atoms. The van der Waals surface area contributed by atoms with Crippen molar-refractivity contribution < 1.29 is 4.79 Å². The van der Waals surface area contributed by atoms with Gasteiger partial charge < -0.3 is 5.32 Å². The molecular weight excluding hydrogens is 232 g/mol. The van der Waals surface area contributed by atoms with Crippen LogP contribution in [0.5, 0.6) is 0 Å². The second-order valence-corrected chi connectivity index (χ2v) is 5.00. The van der Waals surface area contributed by atoms with E-state index in [1.165, 1.54) is 24.2 Å². The Bertz CT molecular complexity index is 349. The smallest absolute Gasteiger partial charge is 0.226 e. The van der Waals surface area contributed by atoms with Gasteiger partial charge in [-0.1, -0.05) is 0 Å². The van der Waals surface area contributed by atoms with Crippen LogP contribution >= 0.6 is 22.9 Å². The van der Waals surface area contributed by atoms with Crippen molar-refractivity contribution in [2.24, 2.45) is 5.92 Å². The predicted octanol–water partition coefficient (Wildman–Crippen LogP) is 1.95. The van der Waals surface area contributed by atoms with Gasteiger partial charge in [-0.05, 0) is 18.8 Å². The van der Waals surface area contributed by atoms with Gasteiger partial charge in [0, 0.05) is 11.9 Å². The maximum atomic E-state index is 11.5. The van der Waals surface area contributed by atoms with E-state index in [0.29, 0.717) is 12.3 Å². The molecule has 82 valence electrons. The molecule has 0 aliphatic heterocycles. The Morgan fingerprint density at radius 2 is 2.47 bits per heavy atom. The molecule has 1 aliphatic carbocycles. The highest BCUT2D eigenvalue weighted by molar-refractivity contribution is 7.09. The summed E-state index contributed by atoms with van der Waals surface area (Å²) in [6.45, 7) is 0.826. The van der Waals surface area contributed by atoms with E-state index in [1.54, 1.807) is 0 Å². The average molecular weight is 245 g/mol. The summed E-state index contributed by atoms with van der Waals surface area (Å²) in [5, 5.41) is 5.66. The lowest BCUT2D eigenvalue weighted by atomic mass is 10.3. The van der Waals surface area contributed by atoms with Crippen molar-refractivity contribution >= 4 is 28.8 Å². The van der Waals surface area contributed by atoms with Crippen LogP contribution in [0.1, 0.15) is 23.5 Å². The number of halogens is 1. The summed E-state index contributed by atoms with van der Waals surface area (Å²) in [6, 6.07) is 0. The number of hydrogen-bond acceptors (Lipinski definition) is 3. The van der Waals surface area contributed by atoms with Crippen LogP contribution in [0.3, 0.4) is 0 Å². The first kappa shape index (κ1) is 10.9. The summed E-state index contributed by atoms with van der Waals surface area (Å²) in [5.41, 5.74) is 0.853. The number of aromatic nitrogens is 1. The Labute approximate surface area is 97.9 Å². The van der Waals surface area contributed by atoms with E-state index in [9.17, 15) is 4.79 Å². The number of nitrogens with zero attached hydrogens (tertiary/aromatic N) is 1. The lowest BCUT2D eigenvalue weighted by Crippen LogP contribution is -2.27. The maximum Gasteiger partial charge on any atom is 0.226 e. The molecule has 1 amide bonds. The van der Waals surface area contributed by atoms with E-state index in [4.69, 9.17) is 11.6 Å². The minimum absolute atomic E-state index is 0.0670. The van der Waals surface area contributed by atoms with Crippen molar-refractivity contribution in [3.05, 3.63) is 16.1 Å². The summed E-state index contributed by atoms with van der Waals surface area (Å²) >= 11 is 7.13. The van der Waals surface area contributed by atoms with Gasteiger partial charge in [0.15, 0.2) is 0 Å². The molecule has 5 heteroatoms. The summed E-state index contributed by atoms with van der Waals surface area (Å²) in [5.74, 6) is 1.21. The molecule has 0 saturated heterocycles. The van der Waals surface area contributed by atoms with Crippen molar-refractivity contribution in [3.63, 3.8) is 0 Å². The normalized spacial score (nSPS) is 15.3. The van der Waals surface area contributed by atoms with Crippen LogP contribution in [0.15, 0.2) is 5.38 Å². The van der Waals surface area contributed by atoms with E-state index in [2.05, 4.69) is 10.3 Å². The Morgan fingerprint density at radius 3 is 3.07 bits per heavy atom. The van der Waals surface area contributed by atoms with Gasteiger partial charge in [-0.3, -0.25) is 4.79 Å². The number of carbonyl (C=O) groups is 1. The van der Waals surface area contributed by atoms with Crippen LogP contribution in [0, 0.1) is 5.92 Å². The topological polar surface area (TPSA) is 42.0 Å². The van der Waals surface area contributed by atoms with Gasteiger partial charge in [0.25, 0.3) is 0 Å². The number of carbonyl (C=O) groups excluding carboxylic acids is 1. The minimum atomic E-state index is 0.0670. The van der Waals surface area contributed by atoms with Crippen molar-refractivity contribution in [3.8, 4) is 0 Å². The van der Waals surface area contributed by atoms with Crippen LogP contribution in [0.4, 0.5) is 0 Å². The lowest BCUT2D eigenvalue weighted by molar-refractivity contribution is -0.120. The largest absolute Gasteiger partial charge is 0.355 e. The molecule has 0 aromatic carbocycles. The van der Waals surface area contributed by atoms with Gasteiger partial charge >= 0.3 is 0 Å². The average Bonchev–Trinajstić information content (AvgIpc) is 2.96. The van der Waals surface area contributed by atoms with Crippen molar-refractivity contribution in [2.45, 2.75) is 25.1 Å². The van der Waals surface area contributed by atoms with Gasteiger partial charge in [0.05, 0.1) is 18.0 Å². The Hall–Kier alpha value is -0.610. The maximum absolute atomic E-state index is 11.5. The highest BCUT2D eigenvalue weighted by Crippen LogP contribution is 2.27. The molecule has 1 heterocycles. The van der Waals surface area contributed by atoms with Gasteiger partial charge in [-0.15, -0.1) is 22.9 Å². The predicted molar refractivity (Wildman–Crippen MR) is 61.1 cm³/mol. The third-order valence-electron chi connectivity index (χ3n) is 2.33. The van der Waals surface area contributed by atoms with Gasteiger partial charge in [0.1, 0.15) is 5.01 Å². The molecule has 0 atom stereocenters. The molecule has 1 saturated carbocycles. The fourth-order valence-electron chi connectivity index (χ4n) is 1.27. The molecule has 3 nitrogen and oxygen atoms in total. The molecule has 2 rings (SSSR count). The van der Waals surface area contributed by atoms with E-state index in [-0.39, 0.29) is 5.91 Å². The summed E-state index contributed by atoms with van der Waals surface area (Å²) in [4.78, 5) is 15.7. The number of alkyl halides is 1. The second-order valence-electron chi connectivity index (χ2n) is 3.79. The molecule has 1 aromatic heterocycles.